The maximum atomic E-state index is 11.0. The molecule has 2 aromatic rings. The highest BCUT2D eigenvalue weighted by atomic mass is 16.2. The summed E-state index contributed by atoms with van der Waals surface area (Å²) in [6.07, 6.45) is 1.69. The molecular formula is C9H8N2O. The standard InChI is InChI=1S/C9H8N2O/c1-7(12)11-9-5-3-2-4-8(9)6-10-11/h2-6H,1H3. The van der Waals surface area contributed by atoms with Crippen molar-refractivity contribution in [2.24, 2.45) is 0 Å². The Morgan fingerprint density at radius 2 is 2.17 bits per heavy atom. The zero-order valence-corrected chi connectivity index (χ0v) is 6.69. The molecule has 1 aromatic heterocycles. The quantitative estimate of drug-likeness (QED) is 0.587. The number of benzene rings is 1. The molecule has 0 saturated heterocycles. The van der Waals surface area contributed by atoms with Crippen LogP contribution in [0.1, 0.15) is 11.7 Å². The van der Waals surface area contributed by atoms with Crippen molar-refractivity contribution in [2.45, 2.75) is 6.92 Å². The first kappa shape index (κ1) is 7.03. The molecule has 3 heteroatoms. The number of rotatable bonds is 0. The minimum Gasteiger partial charge on any atom is -0.273 e. The predicted octanol–water partition coefficient (Wildman–Crippen LogP) is 1.70. The smallest absolute Gasteiger partial charge is 0.244 e. The van der Waals surface area contributed by atoms with Crippen LogP contribution in [0.5, 0.6) is 0 Å². The van der Waals surface area contributed by atoms with Gasteiger partial charge in [0, 0.05) is 12.3 Å². The highest BCUT2D eigenvalue weighted by Gasteiger charge is 2.03. The molecule has 0 N–H and O–H groups in total. The van der Waals surface area contributed by atoms with Gasteiger partial charge in [-0.05, 0) is 6.07 Å². The van der Waals surface area contributed by atoms with E-state index < -0.39 is 0 Å². The zero-order chi connectivity index (χ0) is 8.55. The second-order valence-corrected chi connectivity index (χ2v) is 2.63. The Bertz CT molecular complexity index is 431. The van der Waals surface area contributed by atoms with Gasteiger partial charge in [0.05, 0.1) is 11.7 Å². The molecule has 0 radical (unpaired) electrons. The summed E-state index contributed by atoms with van der Waals surface area (Å²) in [5.41, 5.74) is 0.866. The fourth-order valence-corrected chi connectivity index (χ4v) is 1.22. The minimum atomic E-state index is -0.0591. The predicted molar refractivity (Wildman–Crippen MR) is 46.0 cm³/mol. The lowest BCUT2D eigenvalue weighted by Crippen LogP contribution is -2.06. The molecule has 0 bridgehead atoms. The van der Waals surface area contributed by atoms with Crippen LogP contribution in [-0.2, 0) is 0 Å². The van der Waals surface area contributed by atoms with Gasteiger partial charge in [-0.25, -0.2) is 4.68 Å². The lowest BCUT2D eigenvalue weighted by Gasteiger charge is -1.94. The van der Waals surface area contributed by atoms with E-state index in [0.717, 1.165) is 10.9 Å². The van der Waals surface area contributed by atoms with Crippen molar-refractivity contribution in [1.82, 2.24) is 9.78 Å². The summed E-state index contributed by atoms with van der Waals surface area (Å²) in [6, 6.07) is 7.63. The Hall–Kier alpha value is -1.64. The lowest BCUT2D eigenvalue weighted by atomic mass is 10.3. The second-order valence-electron chi connectivity index (χ2n) is 2.63. The second kappa shape index (κ2) is 2.44. The molecule has 1 aromatic carbocycles. The van der Waals surface area contributed by atoms with E-state index in [9.17, 15) is 4.79 Å². The molecule has 12 heavy (non-hydrogen) atoms. The molecule has 60 valence electrons. The van der Waals surface area contributed by atoms with Crippen molar-refractivity contribution < 1.29 is 4.79 Å². The SMILES string of the molecule is CC(=O)n1ncc2ccccc21. The number of fused-ring (bicyclic) bond motifs is 1. The van der Waals surface area contributed by atoms with E-state index in [-0.39, 0.29) is 5.91 Å². The first-order valence-corrected chi connectivity index (χ1v) is 3.73. The van der Waals surface area contributed by atoms with Gasteiger partial charge in [-0.1, -0.05) is 18.2 Å². The third kappa shape index (κ3) is 0.906. The molecule has 0 aliphatic rings. The van der Waals surface area contributed by atoms with Crippen LogP contribution in [0.15, 0.2) is 30.5 Å². The van der Waals surface area contributed by atoms with Crippen LogP contribution in [0.4, 0.5) is 0 Å². The summed E-state index contributed by atoms with van der Waals surface area (Å²) in [5.74, 6) is -0.0591. The van der Waals surface area contributed by atoms with Crippen LogP contribution in [0.25, 0.3) is 10.9 Å². The maximum Gasteiger partial charge on any atom is 0.244 e. The van der Waals surface area contributed by atoms with Crippen LogP contribution in [0.3, 0.4) is 0 Å². The number of carbonyl (C=O) groups excluding carboxylic acids is 1. The molecule has 0 aliphatic heterocycles. The van der Waals surface area contributed by atoms with E-state index in [1.54, 1.807) is 6.20 Å². The van der Waals surface area contributed by atoms with Crippen molar-refractivity contribution in [2.75, 3.05) is 0 Å². The van der Waals surface area contributed by atoms with E-state index in [0.29, 0.717) is 0 Å². The Morgan fingerprint density at radius 1 is 1.42 bits per heavy atom. The average molecular weight is 160 g/mol. The van der Waals surface area contributed by atoms with Crippen LogP contribution in [0, 0.1) is 0 Å². The number of aromatic nitrogens is 2. The van der Waals surface area contributed by atoms with Crippen molar-refractivity contribution >= 4 is 16.8 Å². The van der Waals surface area contributed by atoms with Gasteiger partial charge in [-0.15, -0.1) is 0 Å². The van der Waals surface area contributed by atoms with Crippen molar-refractivity contribution in [3.63, 3.8) is 0 Å². The van der Waals surface area contributed by atoms with Crippen LogP contribution in [0.2, 0.25) is 0 Å². The van der Waals surface area contributed by atoms with Gasteiger partial charge >= 0.3 is 0 Å². The molecule has 1 heterocycles. The molecular weight excluding hydrogens is 152 g/mol. The molecule has 0 unspecified atom stereocenters. The normalized spacial score (nSPS) is 10.4. The van der Waals surface area contributed by atoms with E-state index in [2.05, 4.69) is 5.10 Å². The van der Waals surface area contributed by atoms with Crippen molar-refractivity contribution in [1.29, 1.82) is 0 Å². The molecule has 2 rings (SSSR count). The maximum absolute atomic E-state index is 11.0. The third-order valence-electron chi connectivity index (χ3n) is 1.78. The van der Waals surface area contributed by atoms with Crippen LogP contribution < -0.4 is 0 Å². The van der Waals surface area contributed by atoms with Gasteiger partial charge in [-0.3, -0.25) is 4.79 Å². The largest absolute Gasteiger partial charge is 0.273 e. The monoisotopic (exact) mass is 160 g/mol. The summed E-state index contributed by atoms with van der Waals surface area (Å²) >= 11 is 0. The number of hydrogen-bond donors (Lipinski definition) is 0. The lowest BCUT2D eigenvalue weighted by molar-refractivity contribution is 0.0927. The summed E-state index contributed by atoms with van der Waals surface area (Å²) in [5, 5.41) is 4.96. The first-order valence-electron chi connectivity index (χ1n) is 3.73. The highest BCUT2D eigenvalue weighted by molar-refractivity contribution is 5.89. The minimum absolute atomic E-state index is 0.0591. The Kier molecular flexibility index (Phi) is 1.43. The molecule has 0 fully saturated rings. The Morgan fingerprint density at radius 3 is 2.92 bits per heavy atom. The van der Waals surface area contributed by atoms with Gasteiger partial charge in [0.2, 0.25) is 5.91 Å². The van der Waals surface area contributed by atoms with E-state index in [1.165, 1.54) is 11.6 Å². The fraction of sp³-hybridized carbons (Fsp3) is 0.111. The number of nitrogens with zero attached hydrogens (tertiary/aromatic N) is 2. The van der Waals surface area contributed by atoms with Crippen LogP contribution in [-0.4, -0.2) is 15.7 Å². The van der Waals surface area contributed by atoms with Crippen LogP contribution >= 0.6 is 0 Å². The number of carbonyl (C=O) groups is 1. The summed E-state index contributed by atoms with van der Waals surface area (Å²) in [4.78, 5) is 11.0. The summed E-state index contributed by atoms with van der Waals surface area (Å²) in [7, 11) is 0. The third-order valence-corrected chi connectivity index (χ3v) is 1.78. The van der Waals surface area contributed by atoms with E-state index in [4.69, 9.17) is 0 Å². The fourth-order valence-electron chi connectivity index (χ4n) is 1.22. The average Bonchev–Trinajstić information content (AvgIpc) is 2.47. The van der Waals surface area contributed by atoms with Crippen molar-refractivity contribution in [3.8, 4) is 0 Å². The number of para-hydroxylation sites is 1. The molecule has 0 aliphatic carbocycles. The molecule has 0 atom stereocenters. The van der Waals surface area contributed by atoms with Gasteiger partial charge in [0.15, 0.2) is 0 Å². The van der Waals surface area contributed by atoms with E-state index in [1.807, 2.05) is 24.3 Å². The molecule has 3 nitrogen and oxygen atoms in total. The zero-order valence-electron chi connectivity index (χ0n) is 6.69. The Balaban J connectivity index is 2.79. The first-order chi connectivity index (χ1) is 5.79. The van der Waals surface area contributed by atoms with Gasteiger partial charge in [-0.2, -0.15) is 5.10 Å². The highest BCUT2D eigenvalue weighted by Crippen LogP contribution is 2.11. The van der Waals surface area contributed by atoms with E-state index >= 15 is 0 Å². The molecule has 0 amide bonds. The summed E-state index contributed by atoms with van der Waals surface area (Å²) in [6.45, 7) is 1.50. The summed E-state index contributed by atoms with van der Waals surface area (Å²) < 4.78 is 1.40. The van der Waals surface area contributed by atoms with Gasteiger partial charge < -0.3 is 0 Å². The molecule has 0 spiro atoms. The van der Waals surface area contributed by atoms with Gasteiger partial charge in [0.1, 0.15) is 0 Å². The topological polar surface area (TPSA) is 34.9 Å². The van der Waals surface area contributed by atoms with Gasteiger partial charge in [0.25, 0.3) is 0 Å². The Labute approximate surface area is 69.6 Å². The molecule has 0 saturated carbocycles. The number of hydrogen-bond acceptors (Lipinski definition) is 2. The van der Waals surface area contributed by atoms with Crippen molar-refractivity contribution in [3.05, 3.63) is 30.5 Å².